The minimum Gasteiger partial charge on any atom is -0.466 e. The third-order valence-corrected chi connectivity index (χ3v) is 2.90. The summed E-state index contributed by atoms with van der Waals surface area (Å²) in [5.41, 5.74) is 0. The molecule has 8 heteroatoms. The maximum absolute atomic E-state index is 10.9. The first-order chi connectivity index (χ1) is 7.35. The van der Waals surface area contributed by atoms with Crippen LogP contribution in [0.5, 0.6) is 0 Å². The Morgan fingerprint density at radius 2 is 1.81 bits per heavy atom. The van der Waals surface area contributed by atoms with E-state index in [-0.39, 0.29) is 19.0 Å². The van der Waals surface area contributed by atoms with E-state index in [4.69, 9.17) is 0 Å². The van der Waals surface area contributed by atoms with Crippen LogP contribution in [0.2, 0.25) is 0 Å². The highest BCUT2D eigenvalue weighted by atomic mass is 127. The Morgan fingerprint density at radius 1 is 1.19 bits per heavy atom. The third kappa shape index (κ3) is 10.1. The first-order valence-corrected chi connectivity index (χ1v) is 8.78. The fourth-order valence-corrected chi connectivity index (χ4v) is 1.95. The summed E-state index contributed by atoms with van der Waals surface area (Å²) in [6, 6.07) is 0. The zero-order valence-electron chi connectivity index (χ0n) is 8.77. The number of carbonyl (C=O) groups excluding carboxylic acids is 2. The van der Waals surface area contributed by atoms with Crippen molar-refractivity contribution in [1.82, 2.24) is 0 Å². The van der Waals surface area contributed by atoms with Crippen LogP contribution < -0.4 is 0 Å². The minimum absolute atomic E-state index is 0.0177. The van der Waals surface area contributed by atoms with E-state index in [9.17, 15) is 18.0 Å². The summed E-state index contributed by atoms with van der Waals surface area (Å²) in [5.74, 6) is -1.81. The van der Waals surface area contributed by atoms with Gasteiger partial charge in [-0.3, -0.25) is 9.59 Å². The molecule has 0 radical (unpaired) electrons. The van der Waals surface area contributed by atoms with Crippen molar-refractivity contribution in [2.45, 2.75) is 19.8 Å². The van der Waals surface area contributed by atoms with E-state index in [0.29, 0.717) is 13.0 Å². The molecule has 0 N–H and O–H groups in total. The van der Waals surface area contributed by atoms with Crippen LogP contribution in [0.15, 0.2) is 0 Å². The summed E-state index contributed by atoms with van der Waals surface area (Å²) in [7, 11) is -3.38. The van der Waals surface area contributed by atoms with Gasteiger partial charge in [-0.2, -0.15) is 0 Å². The van der Waals surface area contributed by atoms with Crippen molar-refractivity contribution in [1.29, 1.82) is 0 Å². The molecule has 0 aliphatic heterocycles. The van der Waals surface area contributed by atoms with Crippen LogP contribution in [0.1, 0.15) is 19.8 Å². The Hall–Kier alpha value is -0.380. The fourth-order valence-electron chi connectivity index (χ4n) is 0.818. The molecule has 6 nitrogen and oxygen atoms in total. The largest absolute Gasteiger partial charge is 0.466 e. The quantitative estimate of drug-likeness (QED) is 0.285. The summed E-state index contributed by atoms with van der Waals surface area (Å²) in [5, 5.41) is 0. The molecule has 0 aliphatic carbocycles. The number of halogens is 1. The predicted octanol–water partition coefficient (Wildman–Crippen LogP) is 0.638. The molecular formula is C8H13IO6S. The Labute approximate surface area is 106 Å². The van der Waals surface area contributed by atoms with Crippen molar-refractivity contribution >= 4 is 40.2 Å². The van der Waals surface area contributed by atoms with Crippen LogP contribution in [-0.2, 0) is 26.1 Å². The van der Waals surface area contributed by atoms with Gasteiger partial charge in [0.05, 0.1) is 34.4 Å². The maximum Gasteiger partial charge on any atom is 0.321 e. The molecular weight excluding hydrogens is 351 g/mol. The molecule has 0 fully saturated rings. The number of esters is 2. The van der Waals surface area contributed by atoms with Crippen LogP contribution in [0.4, 0.5) is 0 Å². The first-order valence-electron chi connectivity index (χ1n) is 4.58. The lowest BCUT2D eigenvalue weighted by Crippen LogP contribution is -2.15. The highest BCUT2D eigenvalue weighted by Gasteiger charge is 2.13. The Balaban J connectivity index is 3.60. The molecule has 0 saturated heterocycles. The maximum atomic E-state index is 10.9. The van der Waals surface area contributed by atoms with E-state index in [0.717, 1.165) is 0 Å². The highest BCUT2D eigenvalue weighted by molar-refractivity contribution is 14.2. The predicted molar refractivity (Wildman–Crippen MR) is 64.6 cm³/mol. The molecule has 0 aliphatic rings. The van der Waals surface area contributed by atoms with E-state index in [2.05, 4.69) is 9.47 Å². The highest BCUT2D eigenvalue weighted by Crippen LogP contribution is 2.02. The molecule has 0 rings (SSSR count). The average molecular weight is 364 g/mol. The number of carbonyl (C=O) groups is 2. The van der Waals surface area contributed by atoms with Gasteiger partial charge in [0.2, 0.25) is 7.01 Å². The van der Waals surface area contributed by atoms with Crippen LogP contribution in [0.3, 0.4) is 0 Å². The zero-order chi connectivity index (χ0) is 12.6. The number of ether oxygens (including phenoxy) is 2. The molecule has 0 unspecified atom stereocenters. The molecule has 0 aromatic heterocycles. The van der Waals surface area contributed by atoms with E-state index < -0.39 is 18.7 Å². The number of hydrogen-bond donors (Lipinski definition) is 0. The Morgan fingerprint density at radius 3 is 2.31 bits per heavy atom. The monoisotopic (exact) mass is 364 g/mol. The van der Waals surface area contributed by atoms with Gasteiger partial charge in [-0.25, -0.2) is 8.42 Å². The lowest BCUT2D eigenvalue weighted by molar-refractivity contribution is -0.146. The van der Waals surface area contributed by atoms with Crippen LogP contribution >= 0.6 is 21.2 Å². The van der Waals surface area contributed by atoms with Gasteiger partial charge in [-0.1, -0.05) is 0 Å². The summed E-state index contributed by atoms with van der Waals surface area (Å²) >= 11 is 1.17. The molecule has 0 heterocycles. The molecule has 0 spiro atoms. The van der Waals surface area contributed by atoms with Crippen molar-refractivity contribution in [3.63, 3.8) is 0 Å². The fraction of sp³-hybridized carbons (Fsp3) is 0.750. The molecule has 0 bridgehead atoms. The SMILES string of the molecule is CCOC(=O)CCCOC(=O)CS(=O)(=O)I. The van der Waals surface area contributed by atoms with Crippen LogP contribution in [0, 0.1) is 0 Å². The Bertz CT molecular complexity index is 336. The standard InChI is InChI=1S/C8H13IO6S/c1-2-14-7(10)4-3-5-15-8(11)6-16(9,12)13/h2-6H2,1H3. The lowest BCUT2D eigenvalue weighted by Gasteiger charge is -2.03. The second-order valence-electron chi connectivity index (χ2n) is 2.81. The second kappa shape index (κ2) is 7.82. The van der Waals surface area contributed by atoms with Crippen LogP contribution in [-0.4, -0.2) is 39.3 Å². The van der Waals surface area contributed by atoms with Crippen LogP contribution in [0.25, 0.3) is 0 Å². The van der Waals surface area contributed by atoms with Gasteiger partial charge in [0.25, 0.3) is 0 Å². The molecule has 94 valence electrons. The van der Waals surface area contributed by atoms with Crippen molar-refractivity contribution < 1.29 is 27.5 Å². The minimum atomic E-state index is -3.38. The van der Waals surface area contributed by atoms with E-state index in [1.54, 1.807) is 6.92 Å². The summed E-state index contributed by atoms with van der Waals surface area (Å²) < 4.78 is 30.6. The molecule has 0 saturated carbocycles. The first kappa shape index (κ1) is 15.6. The zero-order valence-corrected chi connectivity index (χ0v) is 11.7. The normalized spacial score (nSPS) is 10.9. The van der Waals surface area contributed by atoms with Gasteiger partial charge in [0.15, 0.2) is 5.75 Å². The number of hydrogen-bond acceptors (Lipinski definition) is 6. The molecule has 0 amide bonds. The van der Waals surface area contributed by atoms with Gasteiger partial charge >= 0.3 is 11.9 Å². The van der Waals surface area contributed by atoms with Crippen molar-refractivity contribution in [3.8, 4) is 0 Å². The van der Waals surface area contributed by atoms with Gasteiger partial charge in [0, 0.05) is 6.42 Å². The Kier molecular flexibility index (Phi) is 7.64. The lowest BCUT2D eigenvalue weighted by atomic mass is 10.3. The van der Waals surface area contributed by atoms with Gasteiger partial charge in [-0.15, -0.1) is 0 Å². The van der Waals surface area contributed by atoms with Gasteiger partial charge in [0.1, 0.15) is 0 Å². The van der Waals surface area contributed by atoms with Crippen molar-refractivity contribution in [2.75, 3.05) is 19.0 Å². The molecule has 0 aromatic carbocycles. The summed E-state index contributed by atoms with van der Waals surface area (Å²) in [4.78, 5) is 21.8. The second-order valence-corrected chi connectivity index (χ2v) is 8.20. The van der Waals surface area contributed by atoms with Crippen molar-refractivity contribution in [2.24, 2.45) is 0 Å². The van der Waals surface area contributed by atoms with E-state index >= 15 is 0 Å². The van der Waals surface area contributed by atoms with Crippen molar-refractivity contribution in [3.05, 3.63) is 0 Å². The topological polar surface area (TPSA) is 86.7 Å². The molecule has 0 aromatic rings. The van der Waals surface area contributed by atoms with Gasteiger partial charge in [-0.05, 0) is 13.3 Å². The molecule has 0 atom stereocenters. The third-order valence-electron chi connectivity index (χ3n) is 1.38. The summed E-state index contributed by atoms with van der Waals surface area (Å²) in [6.07, 6.45) is 0.476. The van der Waals surface area contributed by atoms with E-state index in [1.807, 2.05) is 0 Å². The molecule has 16 heavy (non-hydrogen) atoms. The smallest absolute Gasteiger partial charge is 0.321 e. The summed E-state index contributed by atoms with van der Waals surface area (Å²) in [6.45, 7) is 2.03. The number of rotatable bonds is 7. The average Bonchev–Trinajstić information content (AvgIpc) is 2.10. The van der Waals surface area contributed by atoms with E-state index in [1.165, 1.54) is 21.2 Å². The van der Waals surface area contributed by atoms with Gasteiger partial charge < -0.3 is 9.47 Å².